The summed E-state index contributed by atoms with van der Waals surface area (Å²) in [6, 6.07) is 7.76. The zero-order valence-electron chi connectivity index (χ0n) is 16.3. The Morgan fingerprint density at radius 3 is 2.52 bits per heavy atom. The van der Waals surface area contributed by atoms with Crippen molar-refractivity contribution in [3.63, 3.8) is 0 Å². The lowest BCUT2D eigenvalue weighted by Gasteiger charge is -2.26. The van der Waals surface area contributed by atoms with E-state index in [4.69, 9.17) is 21.1 Å². The van der Waals surface area contributed by atoms with Crippen LogP contribution in [-0.2, 0) is 14.8 Å². The molecule has 3 rings (SSSR count). The largest absolute Gasteiger partial charge is 0.493 e. The van der Waals surface area contributed by atoms with Gasteiger partial charge >= 0.3 is 6.61 Å². The molecule has 0 unspecified atom stereocenters. The lowest BCUT2D eigenvalue weighted by Crippen LogP contribution is -2.40. The van der Waals surface area contributed by atoms with Crippen LogP contribution in [0.3, 0.4) is 0 Å². The van der Waals surface area contributed by atoms with Gasteiger partial charge in [-0.15, -0.1) is 0 Å². The number of carbonyl (C=O) groups excluding carboxylic acids is 1. The molecule has 8 nitrogen and oxygen atoms in total. The van der Waals surface area contributed by atoms with Gasteiger partial charge in [-0.05, 0) is 36.4 Å². The van der Waals surface area contributed by atoms with Crippen LogP contribution < -0.4 is 14.8 Å². The summed E-state index contributed by atoms with van der Waals surface area (Å²) in [7, 11) is -2.63. The van der Waals surface area contributed by atoms with E-state index in [1.807, 2.05) is 0 Å². The van der Waals surface area contributed by atoms with Crippen molar-refractivity contribution in [1.29, 1.82) is 0 Å². The quantitative estimate of drug-likeness (QED) is 0.659. The van der Waals surface area contributed by atoms with Crippen molar-refractivity contribution >= 4 is 33.2 Å². The molecule has 1 heterocycles. The number of anilines is 1. The Labute approximate surface area is 182 Å². The second kappa shape index (κ2) is 9.77. The third kappa shape index (κ3) is 5.42. The third-order valence-electron chi connectivity index (χ3n) is 4.42. The fraction of sp³-hybridized carbons (Fsp3) is 0.316. The van der Waals surface area contributed by atoms with Gasteiger partial charge in [0.25, 0.3) is 5.91 Å². The zero-order chi connectivity index (χ0) is 22.6. The number of hydrogen-bond acceptors (Lipinski definition) is 6. The first kappa shape index (κ1) is 23.2. The molecule has 1 amide bonds. The SMILES string of the molecule is COc1cc(C(=O)Nc2ccc(Cl)c(S(=O)(=O)N3CCOCC3)c2)ccc1OC(F)F. The molecule has 1 N–H and O–H groups in total. The molecule has 0 saturated carbocycles. The molecule has 1 aliphatic heterocycles. The number of nitrogens with zero attached hydrogens (tertiary/aromatic N) is 1. The highest BCUT2D eigenvalue weighted by Gasteiger charge is 2.28. The molecule has 0 spiro atoms. The van der Waals surface area contributed by atoms with Crippen LogP contribution in [-0.4, -0.2) is 58.7 Å². The fourth-order valence-electron chi connectivity index (χ4n) is 2.91. The second-order valence-corrected chi connectivity index (χ2v) is 8.67. The number of alkyl halides is 2. The molecule has 1 aliphatic rings. The van der Waals surface area contributed by atoms with Gasteiger partial charge in [-0.2, -0.15) is 13.1 Å². The number of hydrogen-bond donors (Lipinski definition) is 1. The zero-order valence-corrected chi connectivity index (χ0v) is 17.9. The van der Waals surface area contributed by atoms with Crippen LogP contribution in [0.1, 0.15) is 10.4 Å². The number of methoxy groups -OCH3 is 1. The highest BCUT2D eigenvalue weighted by Crippen LogP contribution is 2.31. The van der Waals surface area contributed by atoms with Gasteiger partial charge in [-0.1, -0.05) is 11.6 Å². The van der Waals surface area contributed by atoms with E-state index in [1.165, 1.54) is 47.8 Å². The molecule has 2 aromatic carbocycles. The molecule has 31 heavy (non-hydrogen) atoms. The molecule has 0 aromatic heterocycles. The van der Waals surface area contributed by atoms with E-state index < -0.39 is 22.5 Å². The van der Waals surface area contributed by atoms with Gasteiger partial charge < -0.3 is 19.5 Å². The number of sulfonamides is 1. The van der Waals surface area contributed by atoms with Crippen molar-refractivity contribution in [2.24, 2.45) is 0 Å². The lowest BCUT2D eigenvalue weighted by molar-refractivity contribution is -0.0512. The van der Waals surface area contributed by atoms with Crippen LogP contribution >= 0.6 is 11.6 Å². The van der Waals surface area contributed by atoms with Crippen molar-refractivity contribution in [2.45, 2.75) is 11.5 Å². The van der Waals surface area contributed by atoms with E-state index in [9.17, 15) is 22.0 Å². The van der Waals surface area contributed by atoms with Crippen LogP contribution in [0.5, 0.6) is 11.5 Å². The van der Waals surface area contributed by atoms with Crippen LogP contribution in [0.4, 0.5) is 14.5 Å². The van der Waals surface area contributed by atoms with E-state index in [-0.39, 0.29) is 59.0 Å². The van der Waals surface area contributed by atoms with Gasteiger partial charge in [-0.3, -0.25) is 4.79 Å². The molecule has 12 heteroatoms. The van der Waals surface area contributed by atoms with Crippen LogP contribution in [0.2, 0.25) is 5.02 Å². The van der Waals surface area contributed by atoms with Gasteiger partial charge in [0.2, 0.25) is 10.0 Å². The molecule has 0 bridgehead atoms. The molecule has 0 atom stereocenters. The summed E-state index contributed by atoms with van der Waals surface area (Å²) in [6.07, 6.45) is 0. The smallest absolute Gasteiger partial charge is 0.387 e. The van der Waals surface area contributed by atoms with Crippen molar-refractivity contribution in [2.75, 3.05) is 38.7 Å². The molecular formula is C19H19ClF2N2O6S. The molecule has 1 fully saturated rings. The number of benzene rings is 2. The Kier molecular flexibility index (Phi) is 7.31. The fourth-order valence-corrected chi connectivity index (χ4v) is 4.82. The Balaban J connectivity index is 1.83. The highest BCUT2D eigenvalue weighted by atomic mass is 35.5. The predicted molar refractivity (Wildman–Crippen MR) is 109 cm³/mol. The summed E-state index contributed by atoms with van der Waals surface area (Å²) in [5, 5.41) is 2.58. The maximum atomic E-state index is 12.9. The van der Waals surface area contributed by atoms with E-state index in [2.05, 4.69) is 10.1 Å². The first-order valence-corrected chi connectivity index (χ1v) is 10.9. The van der Waals surface area contributed by atoms with Crippen molar-refractivity contribution in [3.8, 4) is 11.5 Å². The normalized spacial score (nSPS) is 15.0. The molecule has 168 valence electrons. The Bertz CT molecular complexity index is 1060. The maximum absolute atomic E-state index is 12.9. The molecule has 1 saturated heterocycles. The number of morpholine rings is 1. The van der Waals surface area contributed by atoms with Gasteiger partial charge in [0.15, 0.2) is 11.5 Å². The van der Waals surface area contributed by atoms with Gasteiger partial charge in [0.1, 0.15) is 4.90 Å². The average molecular weight is 477 g/mol. The van der Waals surface area contributed by atoms with Crippen molar-refractivity contribution in [3.05, 3.63) is 47.0 Å². The minimum absolute atomic E-state index is 0.0136. The summed E-state index contributed by atoms with van der Waals surface area (Å²) in [4.78, 5) is 12.5. The highest BCUT2D eigenvalue weighted by molar-refractivity contribution is 7.89. The second-order valence-electron chi connectivity index (χ2n) is 6.36. The van der Waals surface area contributed by atoms with Crippen LogP contribution in [0.25, 0.3) is 0 Å². The minimum Gasteiger partial charge on any atom is -0.493 e. The van der Waals surface area contributed by atoms with Gasteiger partial charge in [-0.25, -0.2) is 8.42 Å². The Hall–Kier alpha value is -2.47. The number of halogens is 3. The lowest BCUT2D eigenvalue weighted by atomic mass is 10.2. The summed E-state index contributed by atoms with van der Waals surface area (Å²) >= 11 is 6.11. The van der Waals surface area contributed by atoms with Gasteiger partial charge in [0, 0.05) is 24.3 Å². The molecule has 0 radical (unpaired) electrons. The number of ether oxygens (including phenoxy) is 3. The predicted octanol–water partition coefficient (Wildman–Crippen LogP) is 3.22. The number of amides is 1. The van der Waals surface area contributed by atoms with Crippen molar-refractivity contribution < 1.29 is 36.2 Å². The topological polar surface area (TPSA) is 94.2 Å². The average Bonchev–Trinajstić information content (AvgIpc) is 2.75. The summed E-state index contributed by atoms with van der Waals surface area (Å²) in [6.45, 7) is -2.10. The Morgan fingerprint density at radius 2 is 1.87 bits per heavy atom. The monoisotopic (exact) mass is 476 g/mol. The van der Waals surface area contributed by atoms with E-state index in [0.29, 0.717) is 0 Å². The van der Waals surface area contributed by atoms with Crippen molar-refractivity contribution in [1.82, 2.24) is 4.31 Å². The molecular weight excluding hydrogens is 458 g/mol. The summed E-state index contributed by atoms with van der Waals surface area (Å²) in [5.41, 5.74) is 0.277. The minimum atomic E-state index is -3.88. The van der Waals surface area contributed by atoms with E-state index >= 15 is 0 Å². The van der Waals surface area contributed by atoms with E-state index in [1.54, 1.807) is 0 Å². The summed E-state index contributed by atoms with van der Waals surface area (Å²) in [5.74, 6) is -0.891. The number of rotatable bonds is 7. The molecule has 0 aliphatic carbocycles. The number of carbonyl (C=O) groups is 1. The third-order valence-corrected chi connectivity index (χ3v) is 6.80. The summed E-state index contributed by atoms with van der Waals surface area (Å²) < 4.78 is 66.5. The van der Waals surface area contributed by atoms with Crippen LogP contribution in [0, 0.1) is 0 Å². The first-order valence-electron chi connectivity index (χ1n) is 9.04. The van der Waals surface area contributed by atoms with Gasteiger partial charge in [0.05, 0.1) is 25.3 Å². The maximum Gasteiger partial charge on any atom is 0.387 e. The number of nitrogens with one attached hydrogen (secondary N) is 1. The molecule has 2 aromatic rings. The van der Waals surface area contributed by atoms with Crippen LogP contribution in [0.15, 0.2) is 41.3 Å². The Morgan fingerprint density at radius 1 is 1.16 bits per heavy atom. The van der Waals surface area contributed by atoms with E-state index in [0.717, 1.165) is 0 Å². The first-order chi connectivity index (χ1) is 14.7. The standard InChI is InChI=1S/C19H19ClF2N2O6S/c1-28-16-10-12(2-5-15(16)30-19(21)22)18(25)23-13-3-4-14(20)17(11-13)31(26,27)24-6-8-29-9-7-24/h2-5,10-11,19H,6-9H2,1H3,(H,23,25).